The normalized spacial score (nSPS) is 20.2. The first-order chi connectivity index (χ1) is 11.3. The molecule has 5 nitrogen and oxygen atoms in total. The lowest BCUT2D eigenvalue weighted by molar-refractivity contribution is 0.0381. The summed E-state index contributed by atoms with van der Waals surface area (Å²) in [7, 11) is 0. The monoisotopic (exact) mass is 311 g/mol. The average molecular weight is 311 g/mol. The Morgan fingerprint density at radius 3 is 3.09 bits per heavy atom. The number of rotatable bonds is 2. The zero-order valence-electron chi connectivity index (χ0n) is 13.4. The summed E-state index contributed by atoms with van der Waals surface area (Å²) < 4.78 is 11.7. The van der Waals surface area contributed by atoms with Crippen molar-refractivity contribution in [3.05, 3.63) is 47.4 Å². The fourth-order valence-corrected chi connectivity index (χ4v) is 3.30. The minimum absolute atomic E-state index is 0.281. The van der Waals surface area contributed by atoms with Crippen LogP contribution in [-0.4, -0.2) is 35.8 Å². The van der Waals surface area contributed by atoms with Crippen LogP contribution >= 0.6 is 0 Å². The van der Waals surface area contributed by atoms with Gasteiger partial charge >= 0.3 is 0 Å². The Bertz CT molecular complexity index is 704. The van der Waals surface area contributed by atoms with Gasteiger partial charge in [-0.3, -0.25) is 0 Å². The van der Waals surface area contributed by atoms with Crippen LogP contribution in [0.1, 0.15) is 30.2 Å². The second-order valence-corrected chi connectivity index (χ2v) is 6.04. The Morgan fingerprint density at radius 1 is 1.26 bits per heavy atom. The number of anilines is 1. The van der Waals surface area contributed by atoms with Gasteiger partial charge in [0.1, 0.15) is 24.5 Å². The highest BCUT2D eigenvalue weighted by Crippen LogP contribution is 2.32. The van der Waals surface area contributed by atoms with Gasteiger partial charge in [-0.25, -0.2) is 9.97 Å². The van der Waals surface area contributed by atoms with Crippen LogP contribution in [0.4, 0.5) is 5.82 Å². The molecule has 0 amide bonds. The summed E-state index contributed by atoms with van der Waals surface area (Å²) in [4.78, 5) is 11.4. The van der Waals surface area contributed by atoms with Crippen molar-refractivity contribution in [3.8, 4) is 5.75 Å². The van der Waals surface area contributed by atoms with E-state index in [-0.39, 0.29) is 6.10 Å². The van der Waals surface area contributed by atoms with E-state index in [1.54, 1.807) is 6.33 Å². The van der Waals surface area contributed by atoms with Crippen LogP contribution in [0.25, 0.3) is 0 Å². The van der Waals surface area contributed by atoms with E-state index in [1.807, 2.05) is 12.1 Å². The third-order valence-electron chi connectivity index (χ3n) is 4.61. The van der Waals surface area contributed by atoms with Gasteiger partial charge in [0, 0.05) is 25.1 Å². The van der Waals surface area contributed by atoms with Crippen LogP contribution in [0.5, 0.6) is 5.75 Å². The first kappa shape index (κ1) is 14.5. The molecule has 2 aliphatic heterocycles. The standard InChI is InChI=1S/C18H21N3O2/c1-2-14-10-21(7-8-22-14)18-15-9-13-5-3-4-6-17(13)23-11-16(15)19-12-20-18/h3-6,12,14H,2,7-11H2,1H3/t14-/m1/s1. The third-order valence-corrected chi connectivity index (χ3v) is 4.61. The van der Waals surface area contributed by atoms with E-state index < -0.39 is 0 Å². The largest absolute Gasteiger partial charge is 0.487 e. The molecule has 1 aromatic carbocycles. The molecule has 0 aliphatic carbocycles. The lowest BCUT2D eigenvalue weighted by atomic mass is 10.0. The molecular weight excluding hydrogens is 290 g/mol. The third kappa shape index (κ3) is 2.77. The van der Waals surface area contributed by atoms with Crippen molar-refractivity contribution in [2.24, 2.45) is 0 Å². The van der Waals surface area contributed by atoms with Crippen LogP contribution in [0.15, 0.2) is 30.6 Å². The van der Waals surface area contributed by atoms with Crippen LogP contribution < -0.4 is 9.64 Å². The minimum atomic E-state index is 0.281. The molecule has 3 heterocycles. The van der Waals surface area contributed by atoms with Crippen LogP contribution in [0.2, 0.25) is 0 Å². The van der Waals surface area contributed by atoms with Gasteiger partial charge in [0.05, 0.1) is 18.4 Å². The zero-order valence-corrected chi connectivity index (χ0v) is 13.4. The Balaban J connectivity index is 1.71. The number of para-hydroxylation sites is 1. The summed E-state index contributed by atoms with van der Waals surface area (Å²) >= 11 is 0. The maximum atomic E-state index is 5.93. The van der Waals surface area contributed by atoms with Crippen molar-refractivity contribution >= 4 is 5.82 Å². The van der Waals surface area contributed by atoms with Crippen molar-refractivity contribution in [2.75, 3.05) is 24.6 Å². The number of aromatic nitrogens is 2. The minimum Gasteiger partial charge on any atom is -0.487 e. The van der Waals surface area contributed by atoms with E-state index in [4.69, 9.17) is 9.47 Å². The van der Waals surface area contributed by atoms with E-state index >= 15 is 0 Å². The van der Waals surface area contributed by atoms with Gasteiger partial charge in [-0.05, 0) is 18.1 Å². The van der Waals surface area contributed by atoms with E-state index in [0.717, 1.165) is 49.8 Å². The van der Waals surface area contributed by atoms with Gasteiger partial charge in [0.2, 0.25) is 0 Å². The van der Waals surface area contributed by atoms with Crippen molar-refractivity contribution in [1.29, 1.82) is 0 Å². The van der Waals surface area contributed by atoms with Crippen LogP contribution in [-0.2, 0) is 17.8 Å². The number of hydrogen-bond donors (Lipinski definition) is 0. The number of ether oxygens (including phenoxy) is 2. The first-order valence-corrected chi connectivity index (χ1v) is 8.25. The summed E-state index contributed by atoms with van der Waals surface area (Å²) in [5.74, 6) is 1.99. The highest BCUT2D eigenvalue weighted by Gasteiger charge is 2.25. The molecule has 1 atom stereocenters. The molecule has 1 aromatic heterocycles. The summed E-state index contributed by atoms with van der Waals surface area (Å²) in [5.41, 5.74) is 3.38. The quantitative estimate of drug-likeness (QED) is 0.853. The molecule has 1 saturated heterocycles. The molecule has 23 heavy (non-hydrogen) atoms. The van der Waals surface area contributed by atoms with Gasteiger partial charge < -0.3 is 14.4 Å². The highest BCUT2D eigenvalue weighted by atomic mass is 16.5. The second kappa shape index (κ2) is 6.16. The highest BCUT2D eigenvalue weighted by molar-refractivity contribution is 5.53. The molecule has 0 radical (unpaired) electrons. The van der Waals surface area contributed by atoms with Gasteiger partial charge in [-0.2, -0.15) is 0 Å². The zero-order chi connectivity index (χ0) is 15.6. The average Bonchev–Trinajstić information content (AvgIpc) is 2.81. The number of fused-ring (bicyclic) bond motifs is 2. The Hall–Kier alpha value is -2.14. The van der Waals surface area contributed by atoms with E-state index in [0.29, 0.717) is 6.61 Å². The fourth-order valence-electron chi connectivity index (χ4n) is 3.30. The van der Waals surface area contributed by atoms with Gasteiger partial charge in [0.15, 0.2) is 0 Å². The molecule has 0 bridgehead atoms. The molecule has 0 N–H and O–H groups in total. The Labute approximate surface area is 136 Å². The summed E-state index contributed by atoms with van der Waals surface area (Å²) in [6, 6.07) is 8.21. The summed E-state index contributed by atoms with van der Waals surface area (Å²) in [6.45, 7) is 5.19. The summed E-state index contributed by atoms with van der Waals surface area (Å²) in [6.07, 6.45) is 3.78. The van der Waals surface area contributed by atoms with Crippen LogP contribution in [0, 0.1) is 0 Å². The van der Waals surface area contributed by atoms with Crippen molar-refractivity contribution < 1.29 is 9.47 Å². The van der Waals surface area contributed by atoms with E-state index in [2.05, 4.69) is 33.9 Å². The van der Waals surface area contributed by atoms with Gasteiger partial charge in [-0.1, -0.05) is 25.1 Å². The number of nitrogens with zero attached hydrogens (tertiary/aromatic N) is 3. The maximum absolute atomic E-state index is 5.93. The number of morpholine rings is 1. The molecule has 0 unspecified atom stereocenters. The second-order valence-electron chi connectivity index (χ2n) is 6.04. The van der Waals surface area contributed by atoms with E-state index in [1.165, 1.54) is 11.1 Å². The molecule has 1 fully saturated rings. The lowest BCUT2D eigenvalue weighted by Gasteiger charge is -2.34. The van der Waals surface area contributed by atoms with Crippen molar-refractivity contribution in [2.45, 2.75) is 32.5 Å². The summed E-state index contributed by atoms with van der Waals surface area (Å²) in [5, 5.41) is 0. The Morgan fingerprint density at radius 2 is 2.17 bits per heavy atom. The molecule has 0 saturated carbocycles. The number of benzene rings is 1. The molecule has 2 aliphatic rings. The van der Waals surface area contributed by atoms with Gasteiger partial charge in [0.25, 0.3) is 0 Å². The predicted molar refractivity (Wildman–Crippen MR) is 87.9 cm³/mol. The maximum Gasteiger partial charge on any atom is 0.136 e. The Kier molecular flexibility index (Phi) is 3.87. The molecule has 5 heteroatoms. The SMILES string of the molecule is CC[C@@H]1CN(c2ncnc3c2Cc2ccccc2OC3)CCO1. The smallest absolute Gasteiger partial charge is 0.136 e. The lowest BCUT2D eigenvalue weighted by Crippen LogP contribution is -2.43. The molecule has 2 aromatic rings. The molecule has 0 spiro atoms. The van der Waals surface area contributed by atoms with Crippen LogP contribution in [0.3, 0.4) is 0 Å². The predicted octanol–water partition coefficient (Wildman–Crippen LogP) is 2.58. The molecule has 4 rings (SSSR count). The number of hydrogen-bond acceptors (Lipinski definition) is 5. The van der Waals surface area contributed by atoms with E-state index in [9.17, 15) is 0 Å². The van der Waals surface area contributed by atoms with Crippen molar-refractivity contribution in [1.82, 2.24) is 9.97 Å². The van der Waals surface area contributed by atoms with Crippen molar-refractivity contribution in [3.63, 3.8) is 0 Å². The molecular formula is C18H21N3O2. The topological polar surface area (TPSA) is 47.5 Å². The van der Waals surface area contributed by atoms with Gasteiger partial charge in [-0.15, -0.1) is 0 Å². The fraction of sp³-hybridized carbons (Fsp3) is 0.444. The first-order valence-electron chi connectivity index (χ1n) is 8.25. The molecule has 120 valence electrons.